The van der Waals surface area contributed by atoms with E-state index < -0.39 is 0 Å². The van der Waals surface area contributed by atoms with Crippen LogP contribution < -0.4 is 16.0 Å². The third-order valence-corrected chi connectivity index (χ3v) is 5.52. The summed E-state index contributed by atoms with van der Waals surface area (Å²) in [5.74, 6) is 1.66. The molecule has 0 bridgehead atoms. The summed E-state index contributed by atoms with van der Waals surface area (Å²) in [6.45, 7) is 4.32. The van der Waals surface area contributed by atoms with E-state index in [1.165, 1.54) is 0 Å². The van der Waals surface area contributed by atoms with Crippen LogP contribution in [-0.4, -0.2) is 45.1 Å². The number of rotatable bonds is 3. The van der Waals surface area contributed by atoms with Gasteiger partial charge in [-0.05, 0) is 36.9 Å². The Balaban J connectivity index is 1.43. The Morgan fingerprint density at radius 3 is 2.89 bits per heavy atom. The molecule has 0 aliphatic carbocycles. The molecular weight excluding hydrogens is 354 g/mol. The number of carbonyl (C=O) groups excluding carboxylic acids is 1. The van der Waals surface area contributed by atoms with Crippen molar-refractivity contribution >= 4 is 22.5 Å². The molecule has 0 aromatic carbocycles. The van der Waals surface area contributed by atoms with Crippen LogP contribution in [0.3, 0.4) is 0 Å². The van der Waals surface area contributed by atoms with Crippen molar-refractivity contribution in [1.82, 2.24) is 30.2 Å². The summed E-state index contributed by atoms with van der Waals surface area (Å²) in [6, 6.07) is 3.96. The van der Waals surface area contributed by atoms with Gasteiger partial charge in [-0.2, -0.15) is 0 Å². The minimum atomic E-state index is 0.00572. The zero-order valence-corrected chi connectivity index (χ0v) is 15.6. The van der Waals surface area contributed by atoms with E-state index in [2.05, 4.69) is 35.5 Å². The van der Waals surface area contributed by atoms with E-state index in [1.54, 1.807) is 6.20 Å². The first-order chi connectivity index (χ1) is 13.8. The molecule has 0 unspecified atom stereocenters. The summed E-state index contributed by atoms with van der Waals surface area (Å²) in [6.07, 6.45) is 7.42. The van der Waals surface area contributed by atoms with Crippen molar-refractivity contribution in [3.63, 3.8) is 0 Å². The van der Waals surface area contributed by atoms with Crippen LogP contribution in [0.2, 0.25) is 0 Å². The lowest BCUT2D eigenvalue weighted by Gasteiger charge is -2.21. The van der Waals surface area contributed by atoms with Gasteiger partial charge in [0.1, 0.15) is 11.6 Å². The van der Waals surface area contributed by atoms with Gasteiger partial charge in [-0.3, -0.25) is 9.78 Å². The van der Waals surface area contributed by atoms with Crippen LogP contribution in [0.15, 0.2) is 30.7 Å². The molecule has 5 rings (SSSR count). The number of carbonyl (C=O) groups is 1. The van der Waals surface area contributed by atoms with Crippen molar-refractivity contribution in [2.24, 2.45) is 5.92 Å². The molecule has 5 heterocycles. The average Bonchev–Trinajstić information content (AvgIpc) is 3.18. The monoisotopic (exact) mass is 377 g/mol. The average molecular weight is 377 g/mol. The van der Waals surface area contributed by atoms with Gasteiger partial charge in [-0.1, -0.05) is 0 Å². The number of amides is 1. The number of piperidine rings is 1. The number of hydrogen-bond acceptors (Lipinski definition) is 6. The summed E-state index contributed by atoms with van der Waals surface area (Å²) in [5.41, 5.74) is 1.90. The fraction of sp³-hybridized carbons (Fsp3) is 0.400. The molecular formula is C20H23N7O. The first-order valence-electron chi connectivity index (χ1n) is 9.81. The summed E-state index contributed by atoms with van der Waals surface area (Å²) >= 11 is 0. The topological polar surface area (TPSA) is 96.8 Å². The van der Waals surface area contributed by atoms with Crippen LogP contribution in [0.25, 0.3) is 22.2 Å². The maximum absolute atomic E-state index is 12.5. The zero-order chi connectivity index (χ0) is 18.9. The minimum Gasteiger partial charge on any atom is -0.324 e. The quantitative estimate of drug-likeness (QED) is 0.641. The van der Waals surface area contributed by atoms with Crippen LogP contribution >= 0.6 is 0 Å². The van der Waals surface area contributed by atoms with Crippen molar-refractivity contribution < 1.29 is 4.79 Å². The first kappa shape index (κ1) is 17.3. The molecule has 0 radical (unpaired) electrons. The second-order valence-electron chi connectivity index (χ2n) is 7.41. The number of anilines is 1. The third kappa shape index (κ3) is 3.25. The second-order valence-corrected chi connectivity index (χ2v) is 7.41. The molecule has 8 heteroatoms. The molecule has 3 N–H and O–H groups in total. The van der Waals surface area contributed by atoms with E-state index in [9.17, 15) is 4.79 Å². The Kier molecular flexibility index (Phi) is 4.50. The molecule has 0 spiro atoms. The summed E-state index contributed by atoms with van der Waals surface area (Å²) in [4.78, 5) is 26.0. The van der Waals surface area contributed by atoms with Gasteiger partial charge in [0.25, 0.3) is 0 Å². The largest absolute Gasteiger partial charge is 0.324 e. The Morgan fingerprint density at radius 2 is 2.00 bits per heavy atom. The van der Waals surface area contributed by atoms with Crippen LogP contribution in [0.4, 0.5) is 5.82 Å². The highest BCUT2D eigenvalue weighted by Gasteiger charge is 2.21. The van der Waals surface area contributed by atoms with Gasteiger partial charge >= 0.3 is 0 Å². The highest BCUT2D eigenvalue weighted by atomic mass is 16.2. The van der Waals surface area contributed by atoms with E-state index in [1.807, 2.05) is 24.5 Å². The standard InChI is InChI=1S/C20H23N7O/c28-20(13-2-1-3-21-8-13)26-18-7-14-6-16(23-9-15(14)10-24-18)17-11-25-19-12-22-4-5-27(17)19/h6-7,9-11,13,21-22H,1-5,8,12H2,(H,24,26,28)/t13-/m1/s1. The zero-order valence-electron chi connectivity index (χ0n) is 15.6. The van der Waals surface area contributed by atoms with E-state index in [4.69, 9.17) is 0 Å². The lowest BCUT2D eigenvalue weighted by atomic mass is 9.99. The van der Waals surface area contributed by atoms with Gasteiger partial charge < -0.3 is 20.5 Å². The van der Waals surface area contributed by atoms with Gasteiger partial charge in [0.2, 0.25) is 5.91 Å². The number of aromatic nitrogens is 4. The maximum atomic E-state index is 12.5. The Bertz CT molecular complexity index is 1020. The molecule has 1 atom stereocenters. The summed E-state index contributed by atoms with van der Waals surface area (Å²) < 4.78 is 2.21. The second kappa shape index (κ2) is 7.29. The predicted molar refractivity (Wildman–Crippen MR) is 107 cm³/mol. The highest BCUT2D eigenvalue weighted by molar-refractivity contribution is 5.94. The molecule has 1 amide bonds. The van der Waals surface area contributed by atoms with Gasteiger partial charge in [0.05, 0.1) is 30.0 Å². The minimum absolute atomic E-state index is 0.00572. The van der Waals surface area contributed by atoms with Crippen molar-refractivity contribution in [2.75, 3.05) is 25.0 Å². The fourth-order valence-electron chi connectivity index (χ4n) is 3.95. The normalized spacial score (nSPS) is 19.4. The maximum Gasteiger partial charge on any atom is 0.229 e. The van der Waals surface area contributed by atoms with Gasteiger partial charge in [-0.25, -0.2) is 9.97 Å². The molecule has 0 saturated carbocycles. The lowest BCUT2D eigenvalue weighted by molar-refractivity contribution is -0.120. The van der Waals surface area contributed by atoms with Crippen molar-refractivity contribution in [2.45, 2.75) is 25.9 Å². The Morgan fingerprint density at radius 1 is 1.07 bits per heavy atom. The number of nitrogens with one attached hydrogen (secondary N) is 3. The molecule has 1 fully saturated rings. The van der Waals surface area contributed by atoms with Crippen LogP contribution in [0, 0.1) is 5.92 Å². The number of fused-ring (bicyclic) bond motifs is 2. The number of nitrogens with zero attached hydrogens (tertiary/aromatic N) is 4. The van der Waals surface area contributed by atoms with E-state index in [-0.39, 0.29) is 11.8 Å². The lowest BCUT2D eigenvalue weighted by Crippen LogP contribution is -2.37. The molecule has 8 nitrogen and oxygen atoms in total. The Hall–Kier alpha value is -2.84. The third-order valence-electron chi connectivity index (χ3n) is 5.52. The smallest absolute Gasteiger partial charge is 0.229 e. The summed E-state index contributed by atoms with van der Waals surface area (Å²) in [7, 11) is 0. The number of imidazole rings is 1. The molecule has 2 aliphatic rings. The number of pyridine rings is 2. The van der Waals surface area contributed by atoms with E-state index in [0.717, 1.165) is 73.6 Å². The van der Waals surface area contributed by atoms with Gasteiger partial charge in [-0.15, -0.1) is 0 Å². The molecule has 2 aliphatic heterocycles. The van der Waals surface area contributed by atoms with Crippen LogP contribution in [0.1, 0.15) is 18.7 Å². The SMILES string of the molecule is O=C(Nc1cc2cc(-c3cnc4n3CCNC4)ncc2cn1)[C@@H]1CCCNC1. The molecule has 3 aromatic heterocycles. The van der Waals surface area contributed by atoms with Crippen molar-refractivity contribution in [1.29, 1.82) is 0 Å². The van der Waals surface area contributed by atoms with Crippen LogP contribution in [0.5, 0.6) is 0 Å². The predicted octanol–water partition coefficient (Wildman–Crippen LogP) is 1.53. The molecule has 1 saturated heterocycles. The Labute approximate surface area is 162 Å². The molecule has 3 aromatic rings. The van der Waals surface area contributed by atoms with E-state index in [0.29, 0.717) is 5.82 Å². The fourth-order valence-corrected chi connectivity index (χ4v) is 3.95. The summed E-state index contributed by atoms with van der Waals surface area (Å²) in [5, 5.41) is 11.5. The van der Waals surface area contributed by atoms with Crippen molar-refractivity contribution in [3.05, 3.63) is 36.5 Å². The first-order valence-corrected chi connectivity index (χ1v) is 9.81. The molecule has 28 heavy (non-hydrogen) atoms. The van der Waals surface area contributed by atoms with Gasteiger partial charge in [0, 0.05) is 37.4 Å². The van der Waals surface area contributed by atoms with Crippen LogP contribution in [-0.2, 0) is 17.9 Å². The highest BCUT2D eigenvalue weighted by Crippen LogP contribution is 2.25. The number of hydrogen-bond donors (Lipinski definition) is 3. The molecule has 144 valence electrons. The van der Waals surface area contributed by atoms with Crippen molar-refractivity contribution in [3.8, 4) is 11.4 Å². The van der Waals surface area contributed by atoms with Gasteiger partial charge in [0.15, 0.2) is 0 Å². The van der Waals surface area contributed by atoms with E-state index >= 15 is 0 Å².